The molecule has 0 atom stereocenters. The Labute approximate surface area is 68.6 Å². The highest BCUT2D eigenvalue weighted by Gasteiger charge is 1.95. The highest BCUT2D eigenvalue weighted by molar-refractivity contribution is 5.53. The molecule has 0 bridgehead atoms. The summed E-state index contributed by atoms with van der Waals surface area (Å²) >= 11 is 0. The van der Waals surface area contributed by atoms with Crippen molar-refractivity contribution in [1.29, 1.82) is 0 Å². The van der Waals surface area contributed by atoms with Crippen molar-refractivity contribution < 1.29 is 0 Å². The zero-order valence-corrected chi connectivity index (χ0v) is 7.22. The van der Waals surface area contributed by atoms with Crippen LogP contribution in [0.5, 0.6) is 0 Å². The van der Waals surface area contributed by atoms with E-state index in [0.717, 1.165) is 6.42 Å². The van der Waals surface area contributed by atoms with Gasteiger partial charge in [0, 0.05) is 0 Å². The van der Waals surface area contributed by atoms with Gasteiger partial charge in [0.1, 0.15) is 0 Å². The molecule has 0 fully saturated rings. The van der Waals surface area contributed by atoms with E-state index in [-0.39, 0.29) is 0 Å². The van der Waals surface area contributed by atoms with Gasteiger partial charge in [-0.25, -0.2) is 0 Å². The number of rotatable bonds is 2. The van der Waals surface area contributed by atoms with Crippen molar-refractivity contribution in [2.45, 2.75) is 20.3 Å². The SMILES string of the molecule is C=Cc1cc(C)ccc1CC. The molecule has 0 spiro atoms. The van der Waals surface area contributed by atoms with Crippen molar-refractivity contribution in [1.82, 2.24) is 0 Å². The average molecular weight is 146 g/mol. The summed E-state index contributed by atoms with van der Waals surface area (Å²) in [6, 6.07) is 6.49. The quantitative estimate of drug-likeness (QED) is 0.601. The zero-order chi connectivity index (χ0) is 8.27. The van der Waals surface area contributed by atoms with Crippen LogP contribution in [0.2, 0.25) is 0 Å². The third kappa shape index (κ3) is 1.70. The van der Waals surface area contributed by atoms with Crippen molar-refractivity contribution in [2.24, 2.45) is 0 Å². The van der Waals surface area contributed by atoms with Crippen LogP contribution in [0.25, 0.3) is 6.08 Å². The second kappa shape index (κ2) is 3.38. The predicted octanol–water partition coefficient (Wildman–Crippen LogP) is 3.20. The van der Waals surface area contributed by atoms with Crippen LogP contribution in [-0.4, -0.2) is 0 Å². The summed E-state index contributed by atoms with van der Waals surface area (Å²) in [7, 11) is 0. The predicted molar refractivity (Wildman–Crippen MR) is 50.6 cm³/mol. The maximum Gasteiger partial charge on any atom is -0.0228 e. The molecule has 0 radical (unpaired) electrons. The Bertz CT molecular complexity index is 259. The van der Waals surface area contributed by atoms with E-state index in [9.17, 15) is 0 Å². The van der Waals surface area contributed by atoms with E-state index in [1.807, 2.05) is 6.08 Å². The maximum absolute atomic E-state index is 3.78. The van der Waals surface area contributed by atoms with Crippen molar-refractivity contribution in [3.05, 3.63) is 41.5 Å². The molecule has 1 aromatic carbocycles. The Hall–Kier alpha value is -1.04. The lowest BCUT2D eigenvalue weighted by molar-refractivity contribution is 1.13. The average Bonchev–Trinajstić information content (AvgIpc) is 2.04. The molecular formula is C11H14. The first-order valence-corrected chi connectivity index (χ1v) is 4.00. The molecule has 0 aliphatic rings. The standard InChI is InChI=1S/C11H14/c1-4-10-7-6-9(3)8-11(10)5-2/h5-8H,2,4H2,1,3H3. The number of aryl methyl sites for hydroxylation is 2. The Balaban J connectivity index is 3.16. The van der Waals surface area contributed by atoms with E-state index >= 15 is 0 Å². The number of hydrogen-bond donors (Lipinski definition) is 0. The van der Waals surface area contributed by atoms with Gasteiger partial charge in [-0.2, -0.15) is 0 Å². The molecule has 0 aliphatic carbocycles. The van der Waals surface area contributed by atoms with Crippen LogP contribution >= 0.6 is 0 Å². The van der Waals surface area contributed by atoms with Crippen LogP contribution in [-0.2, 0) is 6.42 Å². The van der Waals surface area contributed by atoms with Gasteiger partial charge in [0.25, 0.3) is 0 Å². The molecule has 11 heavy (non-hydrogen) atoms. The Kier molecular flexibility index (Phi) is 2.48. The smallest absolute Gasteiger partial charge is 0.0228 e. The van der Waals surface area contributed by atoms with E-state index in [1.54, 1.807) is 0 Å². The first-order valence-electron chi connectivity index (χ1n) is 4.00. The lowest BCUT2D eigenvalue weighted by atomic mass is 10.0. The summed E-state index contributed by atoms with van der Waals surface area (Å²) in [5, 5.41) is 0. The van der Waals surface area contributed by atoms with E-state index in [4.69, 9.17) is 0 Å². The third-order valence-electron chi connectivity index (χ3n) is 1.90. The van der Waals surface area contributed by atoms with Gasteiger partial charge in [0.2, 0.25) is 0 Å². The van der Waals surface area contributed by atoms with E-state index in [0.29, 0.717) is 0 Å². The molecule has 0 N–H and O–H groups in total. The molecule has 0 heterocycles. The summed E-state index contributed by atoms with van der Waals surface area (Å²) in [5.74, 6) is 0. The fourth-order valence-electron chi connectivity index (χ4n) is 1.23. The third-order valence-corrected chi connectivity index (χ3v) is 1.90. The molecule has 0 amide bonds. The van der Waals surface area contributed by atoms with Crippen LogP contribution in [0, 0.1) is 6.92 Å². The van der Waals surface area contributed by atoms with Gasteiger partial charge in [0.15, 0.2) is 0 Å². The molecule has 1 aromatic rings. The molecule has 0 heteroatoms. The summed E-state index contributed by atoms with van der Waals surface area (Å²) in [6.45, 7) is 8.05. The highest BCUT2D eigenvalue weighted by Crippen LogP contribution is 2.12. The fourth-order valence-corrected chi connectivity index (χ4v) is 1.23. The molecule has 1 rings (SSSR count). The van der Waals surface area contributed by atoms with Crippen molar-refractivity contribution >= 4 is 6.08 Å². The van der Waals surface area contributed by atoms with Gasteiger partial charge in [0.05, 0.1) is 0 Å². The minimum absolute atomic E-state index is 1.08. The highest BCUT2D eigenvalue weighted by atomic mass is 14.0. The molecule has 0 unspecified atom stereocenters. The topological polar surface area (TPSA) is 0 Å². The van der Waals surface area contributed by atoms with Crippen LogP contribution < -0.4 is 0 Å². The molecule has 58 valence electrons. The van der Waals surface area contributed by atoms with Crippen molar-refractivity contribution in [3.8, 4) is 0 Å². The monoisotopic (exact) mass is 146 g/mol. The minimum Gasteiger partial charge on any atom is -0.0985 e. The lowest BCUT2D eigenvalue weighted by Crippen LogP contribution is -1.86. The molecule has 0 aromatic heterocycles. The number of benzene rings is 1. The van der Waals surface area contributed by atoms with Crippen molar-refractivity contribution in [3.63, 3.8) is 0 Å². The Morgan fingerprint density at radius 3 is 2.73 bits per heavy atom. The molecule has 0 saturated heterocycles. The second-order valence-corrected chi connectivity index (χ2v) is 2.76. The van der Waals surface area contributed by atoms with E-state index < -0.39 is 0 Å². The van der Waals surface area contributed by atoms with E-state index in [1.165, 1.54) is 16.7 Å². The number of hydrogen-bond acceptors (Lipinski definition) is 0. The maximum atomic E-state index is 3.78. The lowest BCUT2D eigenvalue weighted by Gasteiger charge is -2.03. The minimum atomic E-state index is 1.08. The van der Waals surface area contributed by atoms with Crippen LogP contribution in [0.1, 0.15) is 23.6 Å². The first kappa shape index (κ1) is 8.06. The summed E-state index contributed by atoms with van der Waals surface area (Å²) in [6.07, 6.45) is 3.01. The van der Waals surface area contributed by atoms with Gasteiger partial charge < -0.3 is 0 Å². The summed E-state index contributed by atoms with van der Waals surface area (Å²) in [5.41, 5.74) is 3.95. The zero-order valence-electron chi connectivity index (χ0n) is 7.22. The summed E-state index contributed by atoms with van der Waals surface area (Å²) in [4.78, 5) is 0. The van der Waals surface area contributed by atoms with Crippen LogP contribution in [0.3, 0.4) is 0 Å². The normalized spacial score (nSPS) is 9.64. The molecule has 0 aliphatic heterocycles. The Morgan fingerprint density at radius 1 is 1.45 bits per heavy atom. The van der Waals surface area contributed by atoms with Crippen LogP contribution in [0.15, 0.2) is 24.8 Å². The van der Waals surface area contributed by atoms with Gasteiger partial charge in [-0.15, -0.1) is 0 Å². The molecule has 0 saturated carbocycles. The first-order chi connectivity index (χ1) is 5.27. The van der Waals surface area contributed by atoms with Gasteiger partial charge in [-0.1, -0.05) is 43.3 Å². The van der Waals surface area contributed by atoms with Gasteiger partial charge in [-0.05, 0) is 24.5 Å². The second-order valence-electron chi connectivity index (χ2n) is 2.76. The summed E-state index contributed by atoms with van der Waals surface area (Å²) < 4.78 is 0. The molecule has 0 nitrogen and oxygen atoms in total. The molecular weight excluding hydrogens is 132 g/mol. The Morgan fingerprint density at radius 2 is 2.18 bits per heavy atom. The van der Waals surface area contributed by atoms with Crippen molar-refractivity contribution in [2.75, 3.05) is 0 Å². The fraction of sp³-hybridized carbons (Fsp3) is 0.273. The van der Waals surface area contributed by atoms with Crippen LogP contribution in [0.4, 0.5) is 0 Å². The van der Waals surface area contributed by atoms with Gasteiger partial charge >= 0.3 is 0 Å². The van der Waals surface area contributed by atoms with Gasteiger partial charge in [-0.3, -0.25) is 0 Å². The van der Waals surface area contributed by atoms with E-state index in [2.05, 4.69) is 38.6 Å². The largest absolute Gasteiger partial charge is 0.0985 e.